The maximum atomic E-state index is 11.9. The maximum Gasteiger partial charge on any atom is 0.287 e. The van der Waals surface area contributed by atoms with E-state index in [9.17, 15) is 9.59 Å². The topological polar surface area (TPSA) is 108 Å². The number of guanidine groups is 1. The molecule has 0 aliphatic carbocycles. The maximum absolute atomic E-state index is 11.9. The fourth-order valence-corrected chi connectivity index (χ4v) is 2.13. The van der Waals surface area contributed by atoms with Gasteiger partial charge in [0.2, 0.25) is 5.91 Å². The van der Waals surface area contributed by atoms with Crippen LogP contribution in [0.3, 0.4) is 0 Å². The smallest absolute Gasteiger partial charge is 0.287 e. The van der Waals surface area contributed by atoms with Crippen LogP contribution in [0.4, 0.5) is 0 Å². The number of rotatable bonds is 8. The highest BCUT2D eigenvalue weighted by molar-refractivity contribution is 5.92. The minimum atomic E-state index is -0.275. The molecule has 0 bridgehead atoms. The van der Waals surface area contributed by atoms with E-state index in [1.165, 1.54) is 6.26 Å². The Bertz CT molecular complexity index is 617. The van der Waals surface area contributed by atoms with Gasteiger partial charge in [-0.15, -0.1) is 0 Å². The van der Waals surface area contributed by atoms with E-state index in [2.05, 4.69) is 26.3 Å². The molecule has 0 spiro atoms. The van der Waals surface area contributed by atoms with Gasteiger partial charge in [0.25, 0.3) is 5.91 Å². The summed E-state index contributed by atoms with van der Waals surface area (Å²) in [4.78, 5) is 28.0. The lowest BCUT2D eigenvalue weighted by Crippen LogP contribution is -2.43. The van der Waals surface area contributed by atoms with Crippen molar-refractivity contribution < 1.29 is 14.0 Å². The molecular weight excluding hydrogens is 334 g/mol. The van der Waals surface area contributed by atoms with Crippen molar-refractivity contribution >= 4 is 17.8 Å². The standard InChI is InChI=1S/C18H31N5O3/c1-6-19-17(22-12-14(24)23-18(3,4)5)21-10-7-9-20-16(25)15-13(2)8-11-26-15/h8,11H,6-7,9-10,12H2,1-5H3,(H,20,25)(H,23,24)(H2,19,21,22). The predicted molar refractivity (Wildman–Crippen MR) is 102 cm³/mol. The molecule has 0 aliphatic rings. The van der Waals surface area contributed by atoms with Crippen LogP contribution in [0.5, 0.6) is 0 Å². The van der Waals surface area contributed by atoms with Crippen molar-refractivity contribution in [3.8, 4) is 0 Å². The predicted octanol–water partition coefficient (Wildman–Crippen LogP) is 1.18. The van der Waals surface area contributed by atoms with Crippen molar-refractivity contribution in [1.29, 1.82) is 0 Å². The quantitative estimate of drug-likeness (QED) is 0.314. The monoisotopic (exact) mass is 365 g/mol. The molecule has 0 aromatic carbocycles. The van der Waals surface area contributed by atoms with Gasteiger partial charge in [0.05, 0.1) is 6.26 Å². The van der Waals surface area contributed by atoms with Gasteiger partial charge in [0.15, 0.2) is 11.7 Å². The molecular formula is C18H31N5O3. The van der Waals surface area contributed by atoms with Crippen molar-refractivity contribution in [3.63, 3.8) is 0 Å². The van der Waals surface area contributed by atoms with Gasteiger partial charge in [0, 0.05) is 30.7 Å². The number of furan rings is 1. The molecule has 1 aromatic heterocycles. The Morgan fingerprint density at radius 3 is 2.42 bits per heavy atom. The number of nitrogens with zero attached hydrogens (tertiary/aromatic N) is 1. The summed E-state index contributed by atoms with van der Waals surface area (Å²) in [6.45, 7) is 11.4. The Balaban J connectivity index is 2.32. The van der Waals surface area contributed by atoms with Gasteiger partial charge in [0.1, 0.15) is 6.54 Å². The number of aryl methyl sites for hydroxylation is 1. The summed E-state index contributed by atoms with van der Waals surface area (Å²) in [5, 5.41) is 11.9. The van der Waals surface area contributed by atoms with Crippen molar-refractivity contribution in [2.24, 2.45) is 4.99 Å². The van der Waals surface area contributed by atoms with Crippen LogP contribution < -0.4 is 21.3 Å². The second-order valence-electron chi connectivity index (χ2n) is 6.96. The summed E-state index contributed by atoms with van der Waals surface area (Å²) in [6.07, 6.45) is 2.21. The van der Waals surface area contributed by atoms with Crippen LogP contribution in [0.1, 0.15) is 50.2 Å². The normalized spacial score (nSPS) is 11.8. The minimum Gasteiger partial charge on any atom is -0.459 e. The summed E-state index contributed by atoms with van der Waals surface area (Å²) in [6, 6.07) is 1.76. The van der Waals surface area contributed by atoms with Crippen LogP contribution in [0.2, 0.25) is 0 Å². The molecule has 0 radical (unpaired) electrons. The molecule has 8 nitrogen and oxygen atoms in total. The Kier molecular flexibility index (Phi) is 8.67. The third-order valence-electron chi connectivity index (χ3n) is 3.24. The van der Waals surface area contributed by atoms with Crippen molar-refractivity contribution in [3.05, 3.63) is 23.7 Å². The molecule has 0 atom stereocenters. The molecule has 0 saturated heterocycles. The highest BCUT2D eigenvalue weighted by Gasteiger charge is 2.13. The third kappa shape index (κ3) is 8.55. The van der Waals surface area contributed by atoms with Gasteiger partial charge in [-0.05, 0) is 47.1 Å². The second kappa shape index (κ2) is 10.5. The molecule has 1 aromatic rings. The van der Waals surface area contributed by atoms with E-state index in [4.69, 9.17) is 4.42 Å². The first-order valence-corrected chi connectivity index (χ1v) is 8.88. The fourth-order valence-electron chi connectivity index (χ4n) is 2.13. The fraction of sp³-hybridized carbons (Fsp3) is 0.611. The zero-order valence-corrected chi connectivity index (χ0v) is 16.4. The van der Waals surface area contributed by atoms with Crippen LogP contribution in [0.25, 0.3) is 0 Å². The summed E-state index contributed by atoms with van der Waals surface area (Å²) in [5.74, 6) is 0.574. The molecule has 8 heteroatoms. The zero-order chi connectivity index (χ0) is 19.6. The minimum absolute atomic E-state index is 0.0567. The van der Waals surface area contributed by atoms with Gasteiger partial charge in [-0.2, -0.15) is 0 Å². The van der Waals surface area contributed by atoms with Gasteiger partial charge in [-0.3, -0.25) is 9.59 Å². The Hall–Kier alpha value is -2.51. The molecule has 0 saturated carbocycles. The largest absolute Gasteiger partial charge is 0.459 e. The van der Waals surface area contributed by atoms with Crippen LogP contribution >= 0.6 is 0 Å². The summed E-state index contributed by atoms with van der Waals surface area (Å²) in [7, 11) is 0. The third-order valence-corrected chi connectivity index (χ3v) is 3.24. The summed E-state index contributed by atoms with van der Waals surface area (Å²) >= 11 is 0. The number of carbonyl (C=O) groups is 2. The number of hydrogen-bond acceptors (Lipinski definition) is 4. The van der Waals surface area contributed by atoms with Crippen LogP contribution in [-0.4, -0.2) is 49.5 Å². The van der Waals surface area contributed by atoms with Crippen LogP contribution in [-0.2, 0) is 4.79 Å². The van der Waals surface area contributed by atoms with Gasteiger partial charge in [-0.25, -0.2) is 4.99 Å². The van der Waals surface area contributed by atoms with Gasteiger partial charge < -0.3 is 25.7 Å². The van der Waals surface area contributed by atoms with Crippen molar-refractivity contribution in [1.82, 2.24) is 21.3 Å². The number of hydrogen-bond donors (Lipinski definition) is 4. The van der Waals surface area contributed by atoms with E-state index >= 15 is 0 Å². The van der Waals surface area contributed by atoms with E-state index in [0.717, 1.165) is 5.56 Å². The number of aliphatic imine (C=N–C) groups is 1. The first kappa shape index (κ1) is 21.5. The zero-order valence-electron chi connectivity index (χ0n) is 16.4. The Labute approximate surface area is 155 Å². The molecule has 146 valence electrons. The van der Waals surface area contributed by atoms with Crippen molar-refractivity contribution in [2.75, 3.05) is 26.2 Å². The van der Waals surface area contributed by atoms with E-state index in [0.29, 0.717) is 37.8 Å². The summed E-state index contributed by atoms with van der Waals surface area (Å²) < 4.78 is 5.15. The van der Waals surface area contributed by atoms with Gasteiger partial charge >= 0.3 is 0 Å². The summed E-state index contributed by atoms with van der Waals surface area (Å²) in [5.41, 5.74) is 0.541. The van der Waals surface area contributed by atoms with E-state index in [-0.39, 0.29) is 23.9 Å². The molecule has 2 amide bonds. The van der Waals surface area contributed by atoms with E-state index in [1.807, 2.05) is 34.6 Å². The molecule has 26 heavy (non-hydrogen) atoms. The molecule has 0 fully saturated rings. The molecule has 0 unspecified atom stereocenters. The van der Waals surface area contributed by atoms with Crippen LogP contribution in [0, 0.1) is 6.92 Å². The Morgan fingerprint density at radius 1 is 1.15 bits per heavy atom. The first-order chi connectivity index (χ1) is 12.2. The average Bonchev–Trinajstić information content (AvgIpc) is 2.96. The SMILES string of the molecule is CCNC(=NCC(=O)NC(C)(C)C)NCCCNC(=O)c1occc1C. The average molecular weight is 365 g/mol. The lowest BCUT2D eigenvalue weighted by Gasteiger charge is -2.20. The molecule has 1 rings (SSSR count). The number of amides is 2. The van der Waals surface area contributed by atoms with E-state index < -0.39 is 0 Å². The lowest BCUT2D eigenvalue weighted by molar-refractivity contribution is -0.121. The molecule has 0 aliphatic heterocycles. The number of nitrogens with one attached hydrogen (secondary N) is 4. The molecule has 4 N–H and O–H groups in total. The van der Waals surface area contributed by atoms with Crippen molar-refractivity contribution in [2.45, 2.75) is 46.6 Å². The van der Waals surface area contributed by atoms with E-state index in [1.54, 1.807) is 6.07 Å². The lowest BCUT2D eigenvalue weighted by atomic mass is 10.1. The highest BCUT2D eigenvalue weighted by Crippen LogP contribution is 2.07. The Morgan fingerprint density at radius 2 is 1.85 bits per heavy atom. The highest BCUT2D eigenvalue weighted by atomic mass is 16.3. The second-order valence-corrected chi connectivity index (χ2v) is 6.96. The molecule has 1 heterocycles. The van der Waals surface area contributed by atoms with Crippen LogP contribution in [0.15, 0.2) is 21.7 Å². The van der Waals surface area contributed by atoms with Gasteiger partial charge in [-0.1, -0.05) is 0 Å². The first-order valence-electron chi connectivity index (χ1n) is 8.88. The number of carbonyl (C=O) groups excluding carboxylic acids is 2.